The molecule has 0 aliphatic rings. The number of aliphatic hydroxyl groups excluding tert-OH is 1. The van der Waals surface area contributed by atoms with Crippen LogP contribution in [0, 0.1) is 0 Å². The van der Waals surface area contributed by atoms with Gasteiger partial charge in [-0.05, 0) is 37.1 Å². The van der Waals surface area contributed by atoms with Gasteiger partial charge in [-0.3, -0.25) is 19.2 Å². The average molecular weight is 753 g/mol. The van der Waals surface area contributed by atoms with Crippen molar-refractivity contribution in [3.05, 3.63) is 80.5 Å². The molecule has 0 fully saturated rings. The Labute approximate surface area is 310 Å². The first-order chi connectivity index (χ1) is 25.9. The van der Waals surface area contributed by atoms with Crippen LogP contribution >= 0.6 is 0 Å². The van der Waals surface area contributed by atoms with E-state index in [1.165, 1.54) is 50.2 Å². The minimum atomic E-state index is -1.25. The fourth-order valence-corrected chi connectivity index (χ4v) is 5.21. The highest BCUT2D eigenvalue weighted by atomic mass is 16.7. The quantitative estimate of drug-likeness (QED) is 0.0627. The zero-order chi connectivity index (χ0) is 39.2. The van der Waals surface area contributed by atoms with Gasteiger partial charge in [0.1, 0.15) is 52.8 Å². The third-order valence-electron chi connectivity index (χ3n) is 7.81. The van der Waals surface area contributed by atoms with Crippen LogP contribution in [0.3, 0.4) is 0 Å². The van der Waals surface area contributed by atoms with Crippen molar-refractivity contribution in [3.8, 4) is 11.5 Å². The van der Waals surface area contributed by atoms with E-state index >= 15 is 0 Å². The molecule has 0 aliphatic carbocycles. The van der Waals surface area contributed by atoms with Crippen molar-refractivity contribution < 1.29 is 61.5 Å². The molecular weight excluding hydrogens is 708 g/mol. The number of aliphatic hydroxyl groups is 1. The third-order valence-corrected chi connectivity index (χ3v) is 7.81. The number of rotatable bonds is 20. The van der Waals surface area contributed by atoms with E-state index in [2.05, 4.69) is 0 Å². The van der Waals surface area contributed by atoms with Crippen LogP contribution in [-0.2, 0) is 28.5 Å². The SMILES string of the molecule is CCCCCC(=O)OC(C)OC(=O)c1cc(=O)c2c(OCC(O)COc3cccc4oc(C(=O)OC(C)OC(=O)CCCCC)cc(=O)c34)cccc2o1. The van der Waals surface area contributed by atoms with Gasteiger partial charge in [-0.1, -0.05) is 51.7 Å². The number of unbranched alkanes of at least 4 members (excludes halogenated alkanes) is 4. The van der Waals surface area contributed by atoms with Crippen LogP contribution in [-0.4, -0.2) is 60.9 Å². The second-order valence-electron chi connectivity index (χ2n) is 12.3. The van der Waals surface area contributed by atoms with Gasteiger partial charge in [0.05, 0.1) is 0 Å². The van der Waals surface area contributed by atoms with E-state index in [0.717, 1.165) is 37.8 Å². The predicted molar refractivity (Wildman–Crippen MR) is 192 cm³/mol. The highest BCUT2D eigenvalue weighted by Gasteiger charge is 2.23. The van der Waals surface area contributed by atoms with Crippen molar-refractivity contribution in [1.29, 1.82) is 0 Å². The summed E-state index contributed by atoms with van der Waals surface area (Å²) in [6, 6.07) is 10.7. The number of ether oxygens (including phenoxy) is 6. The van der Waals surface area contributed by atoms with Crippen LogP contribution < -0.4 is 20.3 Å². The number of carbonyl (C=O) groups is 4. The van der Waals surface area contributed by atoms with E-state index in [4.69, 9.17) is 37.3 Å². The molecule has 0 amide bonds. The van der Waals surface area contributed by atoms with Crippen molar-refractivity contribution in [2.24, 2.45) is 0 Å². The largest absolute Gasteiger partial charge is 0.490 e. The molecule has 2 heterocycles. The van der Waals surface area contributed by atoms with Gasteiger partial charge in [-0.25, -0.2) is 9.59 Å². The molecule has 2 unspecified atom stereocenters. The first-order valence-electron chi connectivity index (χ1n) is 17.8. The van der Waals surface area contributed by atoms with E-state index in [1.54, 1.807) is 0 Å². The van der Waals surface area contributed by atoms with Crippen molar-refractivity contribution in [2.75, 3.05) is 13.2 Å². The van der Waals surface area contributed by atoms with E-state index in [1.807, 2.05) is 13.8 Å². The molecule has 1 N–H and O–H groups in total. The number of benzene rings is 2. The van der Waals surface area contributed by atoms with Crippen LogP contribution in [0.5, 0.6) is 11.5 Å². The number of esters is 4. The van der Waals surface area contributed by atoms with E-state index in [9.17, 15) is 33.9 Å². The lowest BCUT2D eigenvalue weighted by atomic mass is 10.2. The van der Waals surface area contributed by atoms with Gasteiger partial charge in [-0.15, -0.1) is 0 Å². The Morgan fingerprint density at radius 3 is 1.43 bits per heavy atom. The van der Waals surface area contributed by atoms with Crippen molar-refractivity contribution >= 4 is 45.8 Å². The van der Waals surface area contributed by atoms with Gasteiger partial charge in [-0.2, -0.15) is 0 Å². The first-order valence-corrected chi connectivity index (χ1v) is 17.8. The Bertz CT molecular complexity index is 1900. The lowest BCUT2D eigenvalue weighted by molar-refractivity contribution is -0.167. The van der Waals surface area contributed by atoms with Crippen LogP contribution in [0.2, 0.25) is 0 Å². The molecule has 4 rings (SSSR count). The Morgan fingerprint density at radius 1 is 0.630 bits per heavy atom. The van der Waals surface area contributed by atoms with Crippen LogP contribution in [0.1, 0.15) is 100 Å². The molecule has 0 radical (unpaired) electrons. The highest BCUT2D eigenvalue weighted by molar-refractivity contribution is 5.91. The smallest absolute Gasteiger partial charge is 0.377 e. The van der Waals surface area contributed by atoms with Gasteiger partial charge in [0.15, 0.2) is 10.9 Å². The highest BCUT2D eigenvalue weighted by Crippen LogP contribution is 2.26. The lowest BCUT2D eigenvalue weighted by Crippen LogP contribution is -2.26. The first kappa shape index (κ1) is 41.1. The molecule has 2 atom stereocenters. The molecule has 4 aromatic rings. The Kier molecular flexibility index (Phi) is 15.2. The zero-order valence-electron chi connectivity index (χ0n) is 30.6. The van der Waals surface area contributed by atoms with Crippen molar-refractivity contribution in [1.82, 2.24) is 0 Å². The second-order valence-corrected chi connectivity index (χ2v) is 12.3. The number of hydrogen-bond acceptors (Lipinski definition) is 15. The lowest BCUT2D eigenvalue weighted by Gasteiger charge is -2.16. The van der Waals surface area contributed by atoms with Crippen molar-refractivity contribution in [3.63, 3.8) is 0 Å². The summed E-state index contributed by atoms with van der Waals surface area (Å²) in [5.74, 6) is -3.76. The number of hydrogen-bond donors (Lipinski definition) is 1. The summed E-state index contributed by atoms with van der Waals surface area (Å²) in [5.41, 5.74) is -1.24. The summed E-state index contributed by atoms with van der Waals surface area (Å²) in [7, 11) is 0. The molecule has 2 aromatic carbocycles. The summed E-state index contributed by atoms with van der Waals surface area (Å²) in [6.07, 6.45) is 1.60. The average Bonchev–Trinajstić information content (AvgIpc) is 3.12. The van der Waals surface area contributed by atoms with Crippen LogP contribution in [0.25, 0.3) is 21.9 Å². The molecule has 0 spiro atoms. The number of fused-ring (bicyclic) bond motifs is 2. The molecule has 15 nitrogen and oxygen atoms in total. The minimum absolute atomic E-state index is 0.00177. The normalized spacial score (nSPS) is 12.8. The second kappa shape index (κ2) is 19.9. The Hall–Kier alpha value is -5.70. The van der Waals surface area contributed by atoms with Gasteiger partial charge in [0, 0.05) is 38.8 Å². The molecule has 0 aliphatic heterocycles. The monoisotopic (exact) mass is 752 g/mol. The summed E-state index contributed by atoms with van der Waals surface area (Å²) in [6.45, 7) is 6.06. The van der Waals surface area contributed by atoms with Gasteiger partial charge >= 0.3 is 23.9 Å². The maximum absolute atomic E-state index is 13.0. The summed E-state index contributed by atoms with van der Waals surface area (Å²) in [5, 5.41) is 10.7. The summed E-state index contributed by atoms with van der Waals surface area (Å²) >= 11 is 0. The number of carbonyl (C=O) groups excluding carboxylic acids is 4. The molecule has 0 bridgehead atoms. The van der Waals surface area contributed by atoms with E-state index in [-0.39, 0.29) is 59.5 Å². The fraction of sp³-hybridized carbons (Fsp3) is 0.436. The molecule has 0 saturated heterocycles. The Morgan fingerprint density at radius 2 is 1.04 bits per heavy atom. The molecule has 54 heavy (non-hydrogen) atoms. The maximum atomic E-state index is 13.0. The maximum Gasteiger partial charge on any atom is 0.377 e. The van der Waals surface area contributed by atoms with Gasteiger partial charge in [0.2, 0.25) is 24.1 Å². The minimum Gasteiger partial charge on any atom is -0.490 e. The predicted octanol–water partition coefficient (Wildman–Crippen LogP) is 5.97. The standard InChI is InChI=1S/C39H44O15/c1-5-7-9-17-34(43)49-23(3)51-38(45)32-19-26(41)36-28(13-11-15-30(36)53-32)47-21-25(40)22-48-29-14-12-16-31-37(29)27(42)20-33(54-31)39(46)52-24(4)50-35(44)18-10-8-6-2/h11-16,19-20,23-25,40H,5-10,17-18,21-22H2,1-4H3. The third kappa shape index (κ3) is 11.7. The zero-order valence-corrected chi connectivity index (χ0v) is 30.6. The van der Waals surface area contributed by atoms with Gasteiger partial charge < -0.3 is 42.4 Å². The summed E-state index contributed by atoms with van der Waals surface area (Å²) in [4.78, 5) is 75.3. The van der Waals surface area contributed by atoms with E-state index < -0.39 is 64.9 Å². The van der Waals surface area contributed by atoms with E-state index in [0.29, 0.717) is 12.8 Å². The van der Waals surface area contributed by atoms with Gasteiger partial charge in [0.25, 0.3) is 0 Å². The molecule has 15 heteroatoms. The Balaban J connectivity index is 1.35. The fourth-order valence-electron chi connectivity index (χ4n) is 5.21. The molecule has 0 saturated carbocycles. The molecular formula is C39H44O15. The molecule has 290 valence electrons. The molecule has 2 aromatic heterocycles. The van der Waals surface area contributed by atoms with Crippen LogP contribution in [0.15, 0.2) is 67.0 Å². The summed E-state index contributed by atoms with van der Waals surface area (Å²) < 4.78 is 43.0. The van der Waals surface area contributed by atoms with Crippen molar-refractivity contribution in [2.45, 2.75) is 97.7 Å². The van der Waals surface area contributed by atoms with Crippen LogP contribution in [0.4, 0.5) is 0 Å². The topological polar surface area (TPSA) is 204 Å².